The second-order valence-corrected chi connectivity index (χ2v) is 10.5. The fourth-order valence-corrected chi connectivity index (χ4v) is 4.70. The molecule has 9 heteroatoms. The predicted octanol–water partition coefficient (Wildman–Crippen LogP) is 6.09. The SMILES string of the molecule is Cn1nc(-c2ccccc2)c2cc(C(=O)Nc3ccc(C(=O)Nc4cc(C(C)(C)C)on4)cc3)sc21. The normalized spacial score (nSPS) is 11.6. The van der Waals surface area contributed by atoms with Crippen LogP contribution in [-0.2, 0) is 12.5 Å². The van der Waals surface area contributed by atoms with Gasteiger partial charge >= 0.3 is 0 Å². The van der Waals surface area contributed by atoms with Gasteiger partial charge in [0.15, 0.2) is 5.82 Å². The van der Waals surface area contributed by atoms with Gasteiger partial charge in [-0.05, 0) is 30.3 Å². The number of thiophene rings is 1. The van der Waals surface area contributed by atoms with Gasteiger partial charge in [-0.1, -0.05) is 56.3 Å². The van der Waals surface area contributed by atoms with Crippen LogP contribution in [0.2, 0.25) is 0 Å². The van der Waals surface area contributed by atoms with Gasteiger partial charge in [0, 0.05) is 40.7 Å². The monoisotopic (exact) mass is 499 g/mol. The molecule has 36 heavy (non-hydrogen) atoms. The summed E-state index contributed by atoms with van der Waals surface area (Å²) in [5.41, 5.74) is 2.67. The van der Waals surface area contributed by atoms with E-state index in [4.69, 9.17) is 4.52 Å². The molecule has 0 spiro atoms. The quantitative estimate of drug-likeness (QED) is 0.305. The lowest BCUT2D eigenvalue weighted by Gasteiger charge is -2.12. The highest BCUT2D eigenvalue weighted by Gasteiger charge is 2.21. The van der Waals surface area contributed by atoms with E-state index in [9.17, 15) is 9.59 Å². The van der Waals surface area contributed by atoms with E-state index in [-0.39, 0.29) is 17.2 Å². The van der Waals surface area contributed by atoms with Crippen LogP contribution in [0.5, 0.6) is 0 Å². The van der Waals surface area contributed by atoms with Crippen molar-refractivity contribution in [3.63, 3.8) is 0 Å². The highest BCUT2D eigenvalue weighted by atomic mass is 32.1. The molecule has 2 amide bonds. The number of fused-ring (bicyclic) bond motifs is 1. The first-order valence-corrected chi connectivity index (χ1v) is 12.2. The van der Waals surface area contributed by atoms with Crippen LogP contribution in [-0.4, -0.2) is 26.8 Å². The molecule has 0 aliphatic rings. The van der Waals surface area contributed by atoms with Crippen LogP contribution in [0.25, 0.3) is 21.5 Å². The molecule has 5 aromatic rings. The number of rotatable bonds is 5. The molecule has 0 radical (unpaired) electrons. The standard InChI is InChI=1S/C27H25N5O3S/c1-27(2,3)21-15-22(31-35-21)29-24(33)17-10-12-18(13-11-17)28-25(34)20-14-19-23(16-8-6-5-7-9-16)30-32(4)26(19)36-20/h5-15H,1-4H3,(H,28,34)(H,29,31,33). The van der Waals surface area contributed by atoms with Gasteiger partial charge in [0.05, 0.1) is 4.88 Å². The van der Waals surface area contributed by atoms with Crippen molar-refractivity contribution in [2.45, 2.75) is 26.2 Å². The zero-order chi connectivity index (χ0) is 25.4. The molecule has 0 saturated carbocycles. The molecule has 3 heterocycles. The Kier molecular flexibility index (Phi) is 5.93. The van der Waals surface area contributed by atoms with E-state index in [1.807, 2.05) is 64.2 Å². The third kappa shape index (κ3) is 4.65. The van der Waals surface area contributed by atoms with E-state index in [2.05, 4.69) is 20.9 Å². The number of aryl methyl sites for hydroxylation is 1. The van der Waals surface area contributed by atoms with Gasteiger partial charge in [-0.25, -0.2) is 0 Å². The Morgan fingerprint density at radius 2 is 1.67 bits per heavy atom. The van der Waals surface area contributed by atoms with Crippen molar-refractivity contribution in [3.05, 3.63) is 82.9 Å². The summed E-state index contributed by atoms with van der Waals surface area (Å²) in [5.74, 6) is 0.511. The molecule has 2 N–H and O–H groups in total. The molecule has 0 atom stereocenters. The Balaban J connectivity index is 1.28. The Labute approximate surface area is 211 Å². The average molecular weight is 500 g/mol. The third-order valence-electron chi connectivity index (χ3n) is 5.68. The maximum atomic E-state index is 13.0. The van der Waals surface area contributed by atoms with Gasteiger partial charge in [0.2, 0.25) is 0 Å². The topological polar surface area (TPSA) is 102 Å². The predicted molar refractivity (Wildman–Crippen MR) is 142 cm³/mol. The summed E-state index contributed by atoms with van der Waals surface area (Å²) >= 11 is 1.39. The maximum absolute atomic E-state index is 13.0. The zero-order valence-electron chi connectivity index (χ0n) is 20.3. The van der Waals surface area contributed by atoms with Gasteiger partial charge in [0.25, 0.3) is 11.8 Å². The number of aromatic nitrogens is 3. The van der Waals surface area contributed by atoms with Crippen molar-refractivity contribution < 1.29 is 14.1 Å². The molecular formula is C27H25N5O3S. The second kappa shape index (κ2) is 9.09. The number of carbonyl (C=O) groups excluding carboxylic acids is 2. The number of hydrogen-bond acceptors (Lipinski definition) is 6. The van der Waals surface area contributed by atoms with Gasteiger partial charge in [0.1, 0.15) is 16.3 Å². The van der Waals surface area contributed by atoms with Gasteiger partial charge in [-0.3, -0.25) is 14.3 Å². The minimum absolute atomic E-state index is 0.204. The smallest absolute Gasteiger partial charge is 0.265 e. The molecular weight excluding hydrogens is 474 g/mol. The summed E-state index contributed by atoms with van der Waals surface area (Å²) < 4.78 is 7.11. The fraction of sp³-hybridized carbons (Fsp3) is 0.185. The van der Waals surface area contributed by atoms with Crippen molar-refractivity contribution in [2.75, 3.05) is 10.6 Å². The lowest BCUT2D eigenvalue weighted by Crippen LogP contribution is -2.13. The minimum Gasteiger partial charge on any atom is -0.359 e. The van der Waals surface area contributed by atoms with Crippen molar-refractivity contribution >= 4 is 44.9 Å². The Morgan fingerprint density at radius 1 is 0.944 bits per heavy atom. The molecule has 2 aromatic carbocycles. The summed E-state index contributed by atoms with van der Waals surface area (Å²) in [7, 11) is 1.87. The summed E-state index contributed by atoms with van der Waals surface area (Å²) in [5, 5.41) is 15.1. The number of carbonyl (C=O) groups is 2. The molecule has 0 aliphatic carbocycles. The van der Waals surface area contributed by atoms with E-state index in [0.717, 1.165) is 21.5 Å². The summed E-state index contributed by atoms with van der Waals surface area (Å²) in [6.07, 6.45) is 0. The van der Waals surface area contributed by atoms with E-state index in [1.54, 1.807) is 35.0 Å². The van der Waals surface area contributed by atoms with Crippen LogP contribution in [0, 0.1) is 0 Å². The lowest BCUT2D eigenvalue weighted by molar-refractivity contribution is 0.102. The fourth-order valence-electron chi connectivity index (χ4n) is 3.74. The summed E-state index contributed by atoms with van der Waals surface area (Å²) in [6, 6.07) is 20.2. The van der Waals surface area contributed by atoms with Crippen LogP contribution in [0.4, 0.5) is 11.5 Å². The van der Waals surface area contributed by atoms with Crippen LogP contribution in [0.3, 0.4) is 0 Å². The van der Waals surface area contributed by atoms with Crippen molar-refractivity contribution in [2.24, 2.45) is 7.05 Å². The largest absolute Gasteiger partial charge is 0.359 e. The number of anilines is 2. The van der Waals surface area contributed by atoms with Crippen molar-refractivity contribution in [1.29, 1.82) is 0 Å². The molecule has 182 valence electrons. The molecule has 0 saturated heterocycles. The van der Waals surface area contributed by atoms with Crippen LogP contribution in [0.1, 0.15) is 46.6 Å². The number of amides is 2. The summed E-state index contributed by atoms with van der Waals surface area (Å²) in [4.78, 5) is 27.1. The van der Waals surface area contributed by atoms with Gasteiger partial charge in [-0.2, -0.15) is 5.10 Å². The van der Waals surface area contributed by atoms with Crippen LogP contribution < -0.4 is 10.6 Å². The number of hydrogen-bond donors (Lipinski definition) is 2. The molecule has 0 aliphatic heterocycles. The van der Waals surface area contributed by atoms with Crippen molar-refractivity contribution in [3.8, 4) is 11.3 Å². The van der Waals surface area contributed by atoms with E-state index in [0.29, 0.717) is 27.7 Å². The summed E-state index contributed by atoms with van der Waals surface area (Å²) in [6.45, 7) is 6.01. The number of nitrogens with one attached hydrogen (secondary N) is 2. The maximum Gasteiger partial charge on any atom is 0.265 e. The Bertz CT molecular complexity index is 1560. The van der Waals surface area contributed by atoms with E-state index >= 15 is 0 Å². The van der Waals surface area contributed by atoms with E-state index < -0.39 is 0 Å². The Hall–Kier alpha value is -4.24. The average Bonchev–Trinajstić information content (AvgIpc) is 3.57. The van der Waals surface area contributed by atoms with Crippen LogP contribution in [0.15, 0.2) is 71.3 Å². The first-order valence-electron chi connectivity index (χ1n) is 11.4. The molecule has 3 aromatic heterocycles. The van der Waals surface area contributed by atoms with Crippen LogP contribution >= 0.6 is 11.3 Å². The third-order valence-corrected chi connectivity index (χ3v) is 6.88. The molecule has 0 unspecified atom stereocenters. The minimum atomic E-state index is -0.313. The number of benzene rings is 2. The van der Waals surface area contributed by atoms with Gasteiger partial charge < -0.3 is 15.2 Å². The highest BCUT2D eigenvalue weighted by molar-refractivity contribution is 7.20. The molecule has 0 bridgehead atoms. The molecule has 5 rings (SSSR count). The van der Waals surface area contributed by atoms with Crippen molar-refractivity contribution in [1.82, 2.24) is 14.9 Å². The lowest BCUT2D eigenvalue weighted by atomic mass is 9.93. The van der Waals surface area contributed by atoms with E-state index in [1.165, 1.54) is 11.3 Å². The highest BCUT2D eigenvalue weighted by Crippen LogP contribution is 2.34. The number of nitrogens with zero attached hydrogens (tertiary/aromatic N) is 3. The van der Waals surface area contributed by atoms with Gasteiger partial charge in [-0.15, -0.1) is 11.3 Å². The second-order valence-electron chi connectivity index (χ2n) is 9.48. The zero-order valence-corrected chi connectivity index (χ0v) is 21.1. The first kappa shape index (κ1) is 23.5. The Morgan fingerprint density at radius 3 is 2.33 bits per heavy atom. The first-order chi connectivity index (χ1) is 17.2. The molecule has 0 fully saturated rings. The molecule has 8 nitrogen and oxygen atoms in total.